The predicted molar refractivity (Wildman–Crippen MR) is 80.8 cm³/mol. The molecule has 0 fully saturated rings. The molecule has 0 aliphatic rings. The zero-order valence-corrected chi connectivity index (χ0v) is 11.6. The van der Waals surface area contributed by atoms with Crippen molar-refractivity contribution in [2.24, 2.45) is 0 Å². The Morgan fingerprint density at radius 3 is 2.76 bits per heavy atom. The molecule has 0 spiro atoms. The van der Waals surface area contributed by atoms with Crippen LogP contribution in [0.5, 0.6) is 0 Å². The first-order chi connectivity index (χ1) is 10.3. The molecule has 3 heterocycles. The molecule has 106 valence electrons. The van der Waals surface area contributed by atoms with Gasteiger partial charge in [0.05, 0.1) is 24.2 Å². The van der Waals surface area contributed by atoms with Gasteiger partial charge >= 0.3 is 0 Å². The molecule has 21 heavy (non-hydrogen) atoms. The molecule has 0 saturated heterocycles. The Morgan fingerprint density at radius 2 is 2.05 bits per heavy atom. The van der Waals surface area contributed by atoms with Gasteiger partial charge in [0.25, 0.3) is 0 Å². The third-order valence-corrected chi connectivity index (χ3v) is 2.90. The molecule has 0 aliphatic heterocycles. The monoisotopic (exact) mass is 281 g/mol. The van der Waals surface area contributed by atoms with Crippen LogP contribution in [0, 0.1) is 0 Å². The van der Waals surface area contributed by atoms with Gasteiger partial charge in [-0.3, -0.25) is 4.98 Å². The lowest BCUT2D eigenvalue weighted by atomic mass is 10.2. The first-order valence-corrected chi connectivity index (χ1v) is 6.59. The molecular formula is C15H15N5O. The molecule has 2 N–H and O–H groups in total. The molecule has 0 saturated carbocycles. The van der Waals surface area contributed by atoms with E-state index in [1.54, 1.807) is 19.5 Å². The van der Waals surface area contributed by atoms with Gasteiger partial charge in [0, 0.05) is 19.3 Å². The Labute approximate surface area is 122 Å². The smallest absolute Gasteiger partial charge is 0.224 e. The first-order valence-electron chi connectivity index (χ1n) is 6.59. The van der Waals surface area contributed by atoms with Crippen LogP contribution in [-0.2, 0) is 6.54 Å². The molecule has 0 aliphatic carbocycles. The van der Waals surface area contributed by atoms with Crippen LogP contribution in [0.1, 0.15) is 5.76 Å². The fourth-order valence-electron chi connectivity index (χ4n) is 1.89. The Bertz CT molecular complexity index is 697. The summed E-state index contributed by atoms with van der Waals surface area (Å²) in [4.78, 5) is 13.1. The maximum Gasteiger partial charge on any atom is 0.224 e. The second kappa shape index (κ2) is 6.04. The lowest BCUT2D eigenvalue weighted by Crippen LogP contribution is -2.05. The van der Waals surface area contributed by atoms with Gasteiger partial charge in [-0.05, 0) is 24.3 Å². The van der Waals surface area contributed by atoms with E-state index in [-0.39, 0.29) is 0 Å². The fourth-order valence-corrected chi connectivity index (χ4v) is 1.89. The first kappa shape index (κ1) is 13.1. The van der Waals surface area contributed by atoms with Crippen molar-refractivity contribution in [2.75, 3.05) is 17.7 Å². The number of nitrogens with one attached hydrogen (secondary N) is 2. The minimum atomic E-state index is 0.542. The van der Waals surface area contributed by atoms with Crippen molar-refractivity contribution in [3.8, 4) is 11.4 Å². The summed E-state index contributed by atoms with van der Waals surface area (Å²) < 4.78 is 5.29. The molecule has 0 amide bonds. The Balaban J connectivity index is 1.86. The van der Waals surface area contributed by atoms with Gasteiger partial charge < -0.3 is 15.1 Å². The quantitative estimate of drug-likeness (QED) is 0.749. The number of hydrogen-bond acceptors (Lipinski definition) is 6. The topological polar surface area (TPSA) is 75.9 Å². The average Bonchev–Trinajstić information content (AvgIpc) is 3.07. The lowest BCUT2D eigenvalue weighted by molar-refractivity contribution is 0.518. The van der Waals surface area contributed by atoms with Crippen LogP contribution in [-0.4, -0.2) is 22.0 Å². The second-order valence-electron chi connectivity index (χ2n) is 4.36. The number of furan rings is 1. The highest BCUT2D eigenvalue weighted by Gasteiger charge is 2.07. The van der Waals surface area contributed by atoms with Crippen LogP contribution in [0.2, 0.25) is 0 Å². The van der Waals surface area contributed by atoms with E-state index in [1.165, 1.54) is 0 Å². The number of nitrogens with zero attached hydrogens (tertiary/aromatic N) is 3. The SMILES string of the molecule is CNc1nc(NCc2ccco2)cc(-c2ccccn2)n1. The normalized spacial score (nSPS) is 10.3. The highest BCUT2D eigenvalue weighted by Crippen LogP contribution is 2.19. The molecule has 0 aromatic carbocycles. The van der Waals surface area contributed by atoms with E-state index in [1.807, 2.05) is 36.4 Å². The molecule has 3 rings (SSSR count). The van der Waals surface area contributed by atoms with E-state index < -0.39 is 0 Å². The van der Waals surface area contributed by atoms with Crippen molar-refractivity contribution in [1.29, 1.82) is 0 Å². The number of pyridine rings is 1. The van der Waals surface area contributed by atoms with Crippen LogP contribution in [0.25, 0.3) is 11.4 Å². The summed E-state index contributed by atoms with van der Waals surface area (Å²) in [5.41, 5.74) is 1.56. The summed E-state index contributed by atoms with van der Waals surface area (Å²) >= 11 is 0. The maximum absolute atomic E-state index is 5.29. The van der Waals surface area contributed by atoms with Gasteiger partial charge in [0.15, 0.2) is 0 Å². The van der Waals surface area contributed by atoms with Crippen LogP contribution >= 0.6 is 0 Å². The van der Waals surface area contributed by atoms with Crippen molar-refractivity contribution in [2.45, 2.75) is 6.54 Å². The van der Waals surface area contributed by atoms with E-state index in [4.69, 9.17) is 4.42 Å². The second-order valence-corrected chi connectivity index (χ2v) is 4.36. The van der Waals surface area contributed by atoms with E-state index in [2.05, 4.69) is 25.6 Å². The van der Waals surface area contributed by atoms with E-state index >= 15 is 0 Å². The van der Waals surface area contributed by atoms with Crippen LogP contribution < -0.4 is 10.6 Å². The predicted octanol–water partition coefficient (Wildman–Crippen LogP) is 2.79. The molecule has 3 aromatic rings. The summed E-state index contributed by atoms with van der Waals surface area (Å²) in [6.45, 7) is 0.564. The van der Waals surface area contributed by atoms with Gasteiger partial charge in [0.1, 0.15) is 11.6 Å². The minimum absolute atomic E-state index is 0.542. The zero-order chi connectivity index (χ0) is 14.5. The number of rotatable bonds is 5. The molecule has 3 aromatic heterocycles. The van der Waals surface area contributed by atoms with Crippen molar-refractivity contribution < 1.29 is 4.42 Å². The van der Waals surface area contributed by atoms with Crippen molar-refractivity contribution in [3.05, 3.63) is 54.6 Å². The van der Waals surface area contributed by atoms with Gasteiger partial charge in [0.2, 0.25) is 5.95 Å². The van der Waals surface area contributed by atoms with Gasteiger partial charge in [-0.2, -0.15) is 4.98 Å². The van der Waals surface area contributed by atoms with Crippen LogP contribution in [0.15, 0.2) is 53.3 Å². The molecular weight excluding hydrogens is 266 g/mol. The lowest BCUT2D eigenvalue weighted by Gasteiger charge is -2.08. The average molecular weight is 281 g/mol. The highest BCUT2D eigenvalue weighted by atomic mass is 16.3. The van der Waals surface area contributed by atoms with Gasteiger partial charge in [-0.15, -0.1) is 0 Å². The molecule has 0 atom stereocenters. The maximum atomic E-state index is 5.29. The summed E-state index contributed by atoms with van der Waals surface area (Å²) in [6, 6.07) is 11.4. The van der Waals surface area contributed by atoms with E-state index in [9.17, 15) is 0 Å². The van der Waals surface area contributed by atoms with Gasteiger partial charge in [-0.1, -0.05) is 6.07 Å². The Hall–Kier alpha value is -2.89. The van der Waals surface area contributed by atoms with Crippen molar-refractivity contribution >= 4 is 11.8 Å². The van der Waals surface area contributed by atoms with Crippen molar-refractivity contribution in [1.82, 2.24) is 15.0 Å². The Kier molecular flexibility index (Phi) is 3.77. The number of anilines is 2. The minimum Gasteiger partial charge on any atom is -0.467 e. The molecule has 6 nitrogen and oxygen atoms in total. The van der Waals surface area contributed by atoms with Gasteiger partial charge in [-0.25, -0.2) is 4.98 Å². The molecule has 0 bridgehead atoms. The fraction of sp³-hybridized carbons (Fsp3) is 0.133. The van der Waals surface area contributed by atoms with E-state index in [0.29, 0.717) is 18.3 Å². The third-order valence-electron chi connectivity index (χ3n) is 2.90. The van der Waals surface area contributed by atoms with Crippen LogP contribution in [0.4, 0.5) is 11.8 Å². The Morgan fingerprint density at radius 1 is 1.10 bits per heavy atom. The number of aromatic nitrogens is 3. The number of hydrogen-bond donors (Lipinski definition) is 2. The zero-order valence-electron chi connectivity index (χ0n) is 11.6. The van der Waals surface area contributed by atoms with E-state index in [0.717, 1.165) is 17.1 Å². The standard InChI is InChI=1S/C15H15N5O/c1-16-15-19-13(12-6-2-3-7-17-12)9-14(20-15)18-10-11-5-4-8-21-11/h2-9H,10H2,1H3,(H2,16,18,19,20). The molecule has 6 heteroatoms. The summed E-state index contributed by atoms with van der Waals surface area (Å²) in [5.74, 6) is 2.10. The molecule has 0 radical (unpaired) electrons. The van der Waals surface area contributed by atoms with Crippen molar-refractivity contribution in [3.63, 3.8) is 0 Å². The summed E-state index contributed by atoms with van der Waals surface area (Å²) in [5, 5.41) is 6.18. The largest absolute Gasteiger partial charge is 0.467 e. The molecule has 0 unspecified atom stereocenters. The van der Waals surface area contributed by atoms with Crippen LogP contribution in [0.3, 0.4) is 0 Å². The summed E-state index contributed by atoms with van der Waals surface area (Å²) in [6.07, 6.45) is 3.39. The highest BCUT2D eigenvalue weighted by molar-refractivity contribution is 5.60. The third kappa shape index (κ3) is 3.17. The summed E-state index contributed by atoms with van der Waals surface area (Å²) in [7, 11) is 1.79.